The average molecular weight is 597 g/mol. The number of carbonyl (C=O) groups is 1. The highest BCUT2D eigenvalue weighted by Gasteiger charge is 2.43. The molecule has 0 unspecified atom stereocenters. The summed E-state index contributed by atoms with van der Waals surface area (Å²) in [5.74, 6) is -2.81. The number of nitrogens with one attached hydrogen (secondary N) is 1. The van der Waals surface area contributed by atoms with Crippen LogP contribution >= 0.6 is 0 Å². The van der Waals surface area contributed by atoms with E-state index in [0.717, 1.165) is 17.0 Å². The predicted octanol–water partition coefficient (Wildman–Crippen LogP) is 4.62. The molecule has 0 saturated carbocycles. The van der Waals surface area contributed by atoms with E-state index in [1.54, 1.807) is 21.0 Å². The topological polar surface area (TPSA) is 82.0 Å². The third-order valence-electron chi connectivity index (χ3n) is 8.00. The fraction of sp³-hybridized carbons (Fsp3) is 0.517. The van der Waals surface area contributed by atoms with E-state index in [0.29, 0.717) is 50.0 Å². The number of hydrogen-bond acceptors (Lipinski definition) is 6. The van der Waals surface area contributed by atoms with Gasteiger partial charge in [0.1, 0.15) is 23.5 Å². The fourth-order valence-corrected chi connectivity index (χ4v) is 6.03. The molecular weight excluding hydrogens is 563 g/mol. The summed E-state index contributed by atoms with van der Waals surface area (Å²) in [6, 6.07) is 2.76. The summed E-state index contributed by atoms with van der Waals surface area (Å²) in [7, 11) is 3.40. The van der Waals surface area contributed by atoms with Gasteiger partial charge in [-0.05, 0) is 44.4 Å². The van der Waals surface area contributed by atoms with Crippen molar-refractivity contribution in [2.45, 2.75) is 57.0 Å². The molecule has 2 aromatic carbocycles. The van der Waals surface area contributed by atoms with Gasteiger partial charge in [-0.3, -0.25) is 19.6 Å². The number of H-pyrrole nitrogens is 1. The number of fused-ring (bicyclic) bond motifs is 3. The molecule has 0 aliphatic carbocycles. The molecule has 8 nitrogen and oxygen atoms in total. The Morgan fingerprint density at radius 3 is 2.57 bits per heavy atom. The van der Waals surface area contributed by atoms with Gasteiger partial charge in [0.25, 0.3) is 0 Å². The molecule has 2 aliphatic rings. The molecule has 13 heteroatoms. The van der Waals surface area contributed by atoms with Crippen molar-refractivity contribution in [2.24, 2.45) is 0 Å². The maximum atomic E-state index is 15.7. The van der Waals surface area contributed by atoms with E-state index in [1.807, 2.05) is 0 Å². The molecular formula is C29H33F5N4O4. The molecule has 3 aromatic rings. The Morgan fingerprint density at radius 2 is 1.90 bits per heavy atom. The van der Waals surface area contributed by atoms with E-state index >= 15 is 8.78 Å². The summed E-state index contributed by atoms with van der Waals surface area (Å²) in [5, 5.41) is 0. The number of ether oxygens (including phenoxy) is 1. The van der Waals surface area contributed by atoms with Crippen molar-refractivity contribution in [3.8, 4) is 5.75 Å². The Morgan fingerprint density at radius 1 is 1.19 bits per heavy atom. The SMILES string of the molecule is C[C@@H]1Cc2c(ccc3[nH]c(=O)oc23)[C@@H](c2c(F)cc(O[C@H]3CCN(CCCC(=O)N(C)C)C3)cc2F)N1CC(F)(F)F. The number of aromatic amines is 1. The first kappa shape index (κ1) is 30.0. The van der Waals surface area contributed by atoms with Crippen LogP contribution in [-0.2, 0) is 11.2 Å². The summed E-state index contributed by atoms with van der Waals surface area (Å²) in [5.41, 5.74) is 0.653. The number of benzene rings is 2. The molecule has 3 atom stereocenters. The number of aromatic nitrogens is 1. The van der Waals surface area contributed by atoms with Crippen LogP contribution in [0.2, 0.25) is 0 Å². The molecule has 0 spiro atoms. The number of likely N-dealkylation sites (tertiary alicyclic amines) is 1. The lowest BCUT2D eigenvalue weighted by atomic mass is 9.84. The predicted molar refractivity (Wildman–Crippen MR) is 144 cm³/mol. The summed E-state index contributed by atoms with van der Waals surface area (Å²) in [6.45, 7) is 2.07. The molecule has 3 heterocycles. The fourth-order valence-electron chi connectivity index (χ4n) is 6.03. The molecule has 1 saturated heterocycles. The monoisotopic (exact) mass is 596 g/mol. The van der Waals surface area contributed by atoms with Gasteiger partial charge in [-0.15, -0.1) is 0 Å². The summed E-state index contributed by atoms with van der Waals surface area (Å²) in [6.07, 6.45) is -3.15. The lowest BCUT2D eigenvalue weighted by molar-refractivity contribution is -0.155. The average Bonchev–Trinajstić information content (AvgIpc) is 3.50. The highest BCUT2D eigenvalue weighted by molar-refractivity contribution is 5.78. The lowest BCUT2D eigenvalue weighted by Crippen LogP contribution is -2.47. The van der Waals surface area contributed by atoms with Crippen molar-refractivity contribution in [1.82, 2.24) is 19.7 Å². The first-order chi connectivity index (χ1) is 19.8. The Bertz CT molecular complexity index is 1490. The van der Waals surface area contributed by atoms with Crippen LogP contribution in [0.4, 0.5) is 22.0 Å². The molecule has 0 bridgehead atoms. The van der Waals surface area contributed by atoms with E-state index < -0.39 is 47.8 Å². The molecule has 0 radical (unpaired) electrons. The van der Waals surface area contributed by atoms with Gasteiger partial charge in [0.15, 0.2) is 5.58 Å². The van der Waals surface area contributed by atoms with E-state index in [1.165, 1.54) is 17.0 Å². The molecule has 42 heavy (non-hydrogen) atoms. The molecule has 1 amide bonds. The molecule has 1 fully saturated rings. The minimum atomic E-state index is -4.63. The van der Waals surface area contributed by atoms with Crippen molar-refractivity contribution < 1.29 is 35.9 Å². The van der Waals surface area contributed by atoms with Crippen molar-refractivity contribution in [1.29, 1.82) is 0 Å². The second-order valence-corrected chi connectivity index (χ2v) is 11.3. The van der Waals surface area contributed by atoms with Crippen LogP contribution in [0.5, 0.6) is 5.75 Å². The van der Waals surface area contributed by atoms with Gasteiger partial charge in [-0.1, -0.05) is 6.07 Å². The highest BCUT2D eigenvalue weighted by atomic mass is 19.4. The van der Waals surface area contributed by atoms with Crippen LogP contribution in [-0.4, -0.2) is 84.2 Å². The first-order valence-electron chi connectivity index (χ1n) is 13.9. The second-order valence-electron chi connectivity index (χ2n) is 11.3. The van der Waals surface area contributed by atoms with Crippen LogP contribution in [0, 0.1) is 11.6 Å². The smallest absolute Gasteiger partial charge is 0.417 e. The zero-order chi connectivity index (χ0) is 30.3. The van der Waals surface area contributed by atoms with Gasteiger partial charge < -0.3 is 14.1 Å². The number of nitrogens with zero attached hydrogens (tertiary/aromatic N) is 3. The largest absolute Gasteiger partial charge is 0.489 e. The maximum absolute atomic E-state index is 15.7. The van der Waals surface area contributed by atoms with E-state index in [-0.39, 0.29) is 35.3 Å². The Kier molecular flexibility index (Phi) is 8.35. The van der Waals surface area contributed by atoms with E-state index in [2.05, 4.69) is 9.88 Å². The van der Waals surface area contributed by atoms with E-state index in [9.17, 15) is 22.8 Å². The Balaban J connectivity index is 1.40. The lowest BCUT2D eigenvalue weighted by Gasteiger charge is -2.42. The van der Waals surface area contributed by atoms with Gasteiger partial charge in [0.2, 0.25) is 5.91 Å². The highest BCUT2D eigenvalue weighted by Crippen LogP contribution is 2.44. The van der Waals surface area contributed by atoms with Gasteiger partial charge in [0.05, 0.1) is 18.1 Å². The normalized spacial score (nSPS) is 21.6. The van der Waals surface area contributed by atoms with Crippen LogP contribution in [0.1, 0.15) is 48.9 Å². The third-order valence-corrected chi connectivity index (χ3v) is 8.00. The van der Waals surface area contributed by atoms with Gasteiger partial charge in [0, 0.05) is 62.9 Å². The summed E-state index contributed by atoms with van der Waals surface area (Å²) in [4.78, 5) is 30.8. The first-order valence-corrected chi connectivity index (χ1v) is 13.9. The number of alkyl halides is 3. The molecule has 1 aromatic heterocycles. The number of oxazole rings is 1. The summed E-state index contributed by atoms with van der Waals surface area (Å²) < 4.78 is 83.7. The molecule has 2 aliphatic heterocycles. The molecule has 5 rings (SSSR count). The third kappa shape index (κ3) is 6.31. The van der Waals surface area contributed by atoms with E-state index in [4.69, 9.17) is 9.15 Å². The van der Waals surface area contributed by atoms with Gasteiger partial charge in [-0.25, -0.2) is 13.6 Å². The Hall–Kier alpha value is -3.45. The zero-order valence-corrected chi connectivity index (χ0v) is 23.6. The van der Waals surface area contributed by atoms with Crippen LogP contribution < -0.4 is 10.5 Å². The molecule has 1 N–H and O–H groups in total. The number of hydrogen-bond donors (Lipinski definition) is 1. The van der Waals surface area contributed by atoms with Gasteiger partial charge >= 0.3 is 11.9 Å². The minimum absolute atomic E-state index is 0.0406. The van der Waals surface area contributed by atoms with Crippen molar-refractivity contribution in [3.63, 3.8) is 0 Å². The quantitative estimate of drug-likeness (QED) is 0.383. The van der Waals surface area contributed by atoms with Crippen LogP contribution in [0.15, 0.2) is 33.5 Å². The standard InChI is InChI=1S/C29H33F5N4O4/c1-16-11-20-19(6-7-23-27(20)42-28(40)35-23)26(38(16)15-29(32,33)34)25-21(30)12-18(13-22(25)31)41-17-8-10-37(14-17)9-4-5-24(39)36(2)3/h6-7,12-13,16-17,26H,4-5,8-11,14-15H2,1-3H3,(H,35,40)/t16-,17+,26+/m1/s1. The number of halogens is 5. The van der Waals surface area contributed by atoms with Gasteiger partial charge in [-0.2, -0.15) is 13.2 Å². The number of carbonyl (C=O) groups excluding carboxylic acids is 1. The number of rotatable bonds is 8. The summed E-state index contributed by atoms with van der Waals surface area (Å²) >= 11 is 0. The zero-order valence-electron chi connectivity index (χ0n) is 23.6. The van der Waals surface area contributed by atoms with Crippen molar-refractivity contribution >= 4 is 17.0 Å². The second kappa shape index (κ2) is 11.7. The van der Waals surface area contributed by atoms with Crippen molar-refractivity contribution in [2.75, 3.05) is 40.3 Å². The Labute approximate surface area is 239 Å². The minimum Gasteiger partial charge on any atom is -0.489 e. The van der Waals surface area contributed by atoms with Crippen LogP contribution in [0.25, 0.3) is 11.1 Å². The maximum Gasteiger partial charge on any atom is 0.417 e. The van der Waals surface area contributed by atoms with Crippen molar-refractivity contribution in [3.05, 3.63) is 63.1 Å². The van der Waals surface area contributed by atoms with Crippen LogP contribution in [0.3, 0.4) is 0 Å². The number of amides is 1. The molecule has 228 valence electrons.